The Balaban J connectivity index is 2.42. The summed E-state index contributed by atoms with van der Waals surface area (Å²) in [6.45, 7) is 1.82. The summed E-state index contributed by atoms with van der Waals surface area (Å²) in [4.78, 5) is 13.6. The van der Waals surface area contributed by atoms with Crippen LogP contribution in [0.2, 0.25) is 0 Å². The molecule has 17 heavy (non-hydrogen) atoms. The van der Waals surface area contributed by atoms with Gasteiger partial charge < -0.3 is 16.4 Å². The number of carbonyl (C=O) groups excluding carboxylic acids is 1. The zero-order chi connectivity index (χ0) is 12.4. The first-order chi connectivity index (χ1) is 8.15. The number of hydrogen-bond acceptors (Lipinski definition) is 5. The van der Waals surface area contributed by atoms with E-state index < -0.39 is 5.91 Å². The van der Waals surface area contributed by atoms with E-state index in [1.165, 1.54) is 17.8 Å². The summed E-state index contributed by atoms with van der Waals surface area (Å²) in [7, 11) is 0. The first-order valence-electron chi connectivity index (χ1n) is 5.52. The fourth-order valence-corrected chi connectivity index (χ4v) is 3.12. The monoisotopic (exact) mass is 250 g/mol. The van der Waals surface area contributed by atoms with Crippen molar-refractivity contribution in [2.45, 2.75) is 19.3 Å². The molecule has 4 N–H and O–H groups in total. The number of rotatable bonds is 2. The van der Waals surface area contributed by atoms with E-state index in [1.807, 2.05) is 0 Å². The first-order valence-corrected chi connectivity index (χ1v) is 6.34. The molecule has 90 valence electrons. The lowest BCUT2D eigenvalue weighted by atomic mass is 10.1. The third-order valence-corrected chi connectivity index (χ3v) is 4.19. The second-order valence-electron chi connectivity index (χ2n) is 4.05. The fourth-order valence-electron chi connectivity index (χ4n) is 2.04. The number of carbonyl (C=O) groups is 1. The van der Waals surface area contributed by atoms with Crippen molar-refractivity contribution in [3.8, 4) is 6.07 Å². The Morgan fingerprint density at radius 3 is 2.53 bits per heavy atom. The topological polar surface area (TPSA) is 96.1 Å². The maximum Gasteiger partial charge on any atom is 0.261 e. The zero-order valence-corrected chi connectivity index (χ0v) is 10.2. The van der Waals surface area contributed by atoms with Crippen LogP contribution >= 0.6 is 11.3 Å². The minimum atomic E-state index is -0.563. The number of nitrogens with two attached hydrogens (primary N) is 2. The molecule has 1 aliphatic heterocycles. The maximum absolute atomic E-state index is 11.2. The van der Waals surface area contributed by atoms with E-state index in [1.54, 1.807) is 0 Å². The molecule has 0 radical (unpaired) electrons. The second kappa shape index (κ2) is 4.63. The number of anilines is 2. The molecule has 5 nitrogen and oxygen atoms in total. The van der Waals surface area contributed by atoms with Gasteiger partial charge in [0.2, 0.25) is 0 Å². The molecule has 2 rings (SSSR count). The molecule has 1 saturated heterocycles. The van der Waals surface area contributed by atoms with Crippen LogP contribution in [-0.2, 0) is 0 Å². The van der Waals surface area contributed by atoms with E-state index >= 15 is 0 Å². The lowest BCUT2D eigenvalue weighted by Gasteiger charge is -2.27. The average Bonchev–Trinajstić information content (AvgIpc) is 2.67. The molecule has 6 heteroatoms. The minimum absolute atomic E-state index is 0.227. The third kappa shape index (κ3) is 2.06. The quantitative estimate of drug-likeness (QED) is 0.826. The van der Waals surface area contributed by atoms with Gasteiger partial charge in [-0.25, -0.2) is 0 Å². The van der Waals surface area contributed by atoms with Crippen LogP contribution in [0.15, 0.2) is 0 Å². The van der Waals surface area contributed by atoms with Gasteiger partial charge in [-0.3, -0.25) is 4.79 Å². The zero-order valence-electron chi connectivity index (χ0n) is 9.40. The molecule has 0 bridgehead atoms. The Morgan fingerprint density at radius 2 is 2.00 bits per heavy atom. The number of nitrogens with zero attached hydrogens (tertiary/aromatic N) is 2. The van der Waals surface area contributed by atoms with Crippen molar-refractivity contribution in [3.05, 3.63) is 10.4 Å². The van der Waals surface area contributed by atoms with Crippen molar-refractivity contribution in [1.82, 2.24) is 0 Å². The Hall–Kier alpha value is -1.74. The molecular formula is C11H14N4OS. The lowest BCUT2D eigenvalue weighted by Crippen LogP contribution is -2.29. The van der Waals surface area contributed by atoms with E-state index in [4.69, 9.17) is 16.7 Å². The maximum atomic E-state index is 11.2. The van der Waals surface area contributed by atoms with Gasteiger partial charge in [0.25, 0.3) is 5.91 Å². The van der Waals surface area contributed by atoms with Crippen molar-refractivity contribution in [3.63, 3.8) is 0 Å². The van der Waals surface area contributed by atoms with Crippen LogP contribution in [0.1, 0.15) is 34.5 Å². The SMILES string of the molecule is N#Cc1c(N2CCCCC2)sc(C(N)=O)c1N. The highest BCUT2D eigenvalue weighted by atomic mass is 32.1. The van der Waals surface area contributed by atoms with Crippen LogP contribution in [0.4, 0.5) is 10.7 Å². The van der Waals surface area contributed by atoms with Gasteiger partial charge in [0, 0.05) is 13.1 Å². The van der Waals surface area contributed by atoms with E-state index in [-0.39, 0.29) is 5.69 Å². The van der Waals surface area contributed by atoms with Gasteiger partial charge in [0.1, 0.15) is 21.5 Å². The molecule has 1 aromatic heterocycles. The highest BCUT2D eigenvalue weighted by Crippen LogP contribution is 2.38. The summed E-state index contributed by atoms with van der Waals surface area (Å²) in [5, 5.41) is 9.91. The van der Waals surface area contributed by atoms with Crippen LogP contribution in [0.25, 0.3) is 0 Å². The van der Waals surface area contributed by atoms with Gasteiger partial charge in [0.15, 0.2) is 0 Å². The molecular weight excluding hydrogens is 236 g/mol. The van der Waals surface area contributed by atoms with E-state index in [0.717, 1.165) is 30.9 Å². The number of thiophene rings is 1. The highest BCUT2D eigenvalue weighted by Gasteiger charge is 2.23. The van der Waals surface area contributed by atoms with Gasteiger partial charge >= 0.3 is 0 Å². The molecule has 0 aliphatic carbocycles. The summed E-state index contributed by atoms with van der Waals surface area (Å²) >= 11 is 1.23. The number of hydrogen-bond donors (Lipinski definition) is 2. The average molecular weight is 250 g/mol. The molecule has 0 unspecified atom stereocenters. The largest absolute Gasteiger partial charge is 0.396 e. The molecule has 0 atom stereocenters. The van der Waals surface area contributed by atoms with Crippen molar-refractivity contribution < 1.29 is 4.79 Å². The number of nitriles is 1. The van der Waals surface area contributed by atoms with Crippen molar-refractivity contribution in [2.75, 3.05) is 23.7 Å². The second-order valence-corrected chi connectivity index (χ2v) is 5.05. The van der Waals surface area contributed by atoms with E-state index in [0.29, 0.717) is 10.4 Å². The van der Waals surface area contributed by atoms with E-state index in [9.17, 15) is 4.79 Å². The predicted molar refractivity (Wildman–Crippen MR) is 68.0 cm³/mol. The molecule has 1 amide bonds. The van der Waals surface area contributed by atoms with Crippen molar-refractivity contribution >= 4 is 27.9 Å². The molecule has 1 aliphatic rings. The summed E-state index contributed by atoms with van der Waals surface area (Å²) < 4.78 is 0. The van der Waals surface area contributed by atoms with Crippen LogP contribution < -0.4 is 16.4 Å². The van der Waals surface area contributed by atoms with Gasteiger partial charge in [-0.15, -0.1) is 11.3 Å². The van der Waals surface area contributed by atoms with Crippen LogP contribution in [0.3, 0.4) is 0 Å². The molecule has 1 aromatic rings. The van der Waals surface area contributed by atoms with Crippen LogP contribution in [0, 0.1) is 11.3 Å². The molecule has 0 saturated carbocycles. The minimum Gasteiger partial charge on any atom is -0.396 e. The molecule has 0 aromatic carbocycles. The number of primary amides is 1. The summed E-state index contributed by atoms with van der Waals surface area (Å²) in [5.74, 6) is -0.563. The van der Waals surface area contributed by atoms with Crippen molar-refractivity contribution in [2.24, 2.45) is 5.73 Å². The highest BCUT2D eigenvalue weighted by molar-refractivity contribution is 7.19. The predicted octanol–water partition coefficient (Wildman–Crippen LogP) is 1.29. The fraction of sp³-hybridized carbons (Fsp3) is 0.455. The summed E-state index contributed by atoms with van der Waals surface area (Å²) in [6.07, 6.45) is 3.42. The van der Waals surface area contributed by atoms with Crippen molar-refractivity contribution in [1.29, 1.82) is 5.26 Å². The third-order valence-electron chi connectivity index (χ3n) is 2.91. The number of amides is 1. The lowest BCUT2D eigenvalue weighted by molar-refractivity contribution is 0.100. The Kier molecular flexibility index (Phi) is 3.20. The van der Waals surface area contributed by atoms with Gasteiger partial charge in [0.05, 0.1) is 5.69 Å². The van der Waals surface area contributed by atoms with Crippen LogP contribution in [-0.4, -0.2) is 19.0 Å². The Morgan fingerprint density at radius 1 is 1.35 bits per heavy atom. The van der Waals surface area contributed by atoms with E-state index in [2.05, 4.69) is 11.0 Å². The number of piperidine rings is 1. The Bertz CT molecular complexity index is 482. The molecule has 0 spiro atoms. The standard InChI is InChI=1S/C11H14N4OS/c12-6-7-8(13)9(10(14)16)17-11(7)15-4-2-1-3-5-15/h1-5,13H2,(H2,14,16). The van der Waals surface area contributed by atoms with Gasteiger partial charge in [-0.2, -0.15) is 5.26 Å². The summed E-state index contributed by atoms with van der Waals surface area (Å²) in [6, 6.07) is 2.07. The molecule has 1 fully saturated rings. The van der Waals surface area contributed by atoms with Crippen LogP contribution in [0.5, 0.6) is 0 Å². The van der Waals surface area contributed by atoms with Gasteiger partial charge in [-0.1, -0.05) is 0 Å². The Labute approximate surface area is 104 Å². The smallest absolute Gasteiger partial charge is 0.261 e. The summed E-state index contributed by atoms with van der Waals surface area (Å²) in [5.41, 5.74) is 11.6. The normalized spacial score (nSPS) is 15.6. The van der Waals surface area contributed by atoms with Gasteiger partial charge in [-0.05, 0) is 19.3 Å². The number of nitrogen functional groups attached to an aromatic ring is 1. The molecule has 2 heterocycles. The first kappa shape index (κ1) is 11.7.